The van der Waals surface area contributed by atoms with E-state index in [0.717, 1.165) is 16.0 Å². The molecule has 122 valence electrons. The van der Waals surface area contributed by atoms with E-state index in [-0.39, 0.29) is 12.4 Å². The van der Waals surface area contributed by atoms with Crippen molar-refractivity contribution in [3.05, 3.63) is 83.7 Å². The predicted molar refractivity (Wildman–Crippen MR) is 86.6 cm³/mol. The lowest BCUT2D eigenvalue weighted by atomic mass is 10.1. The lowest BCUT2D eigenvalue weighted by Gasteiger charge is -2.18. The molecule has 3 rings (SSSR count). The van der Waals surface area contributed by atoms with Crippen molar-refractivity contribution in [2.75, 3.05) is 6.61 Å². The number of carbonyl (C=O) groups is 2. The highest BCUT2D eigenvalue weighted by atomic mass is 19.1. The van der Waals surface area contributed by atoms with E-state index >= 15 is 0 Å². The zero-order valence-corrected chi connectivity index (χ0v) is 12.9. The van der Waals surface area contributed by atoms with E-state index in [0.29, 0.717) is 6.42 Å². The van der Waals surface area contributed by atoms with Gasteiger partial charge in [0.15, 0.2) is 0 Å². The Bertz CT molecular complexity index is 756. The van der Waals surface area contributed by atoms with E-state index in [4.69, 9.17) is 4.74 Å². The largest absolute Gasteiger partial charge is 0.446 e. The van der Waals surface area contributed by atoms with Crippen LogP contribution in [0.1, 0.15) is 17.2 Å². The van der Waals surface area contributed by atoms with E-state index in [9.17, 15) is 14.0 Å². The Hall–Kier alpha value is -2.95. The molecule has 2 aromatic rings. The van der Waals surface area contributed by atoms with Gasteiger partial charge in [0.05, 0.1) is 0 Å². The Morgan fingerprint density at radius 1 is 1.17 bits per heavy atom. The molecular formula is C19H16FNO3. The van der Waals surface area contributed by atoms with Crippen molar-refractivity contribution < 1.29 is 18.7 Å². The van der Waals surface area contributed by atoms with Gasteiger partial charge in [0.25, 0.3) is 5.91 Å². The zero-order chi connectivity index (χ0) is 16.9. The molecule has 2 aromatic carbocycles. The summed E-state index contributed by atoms with van der Waals surface area (Å²) in [7, 11) is 0. The Labute approximate surface area is 139 Å². The topological polar surface area (TPSA) is 46.6 Å². The Morgan fingerprint density at radius 3 is 2.58 bits per heavy atom. The number of carbonyl (C=O) groups excluding carboxylic acids is 2. The van der Waals surface area contributed by atoms with Gasteiger partial charge >= 0.3 is 6.09 Å². The average Bonchev–Trinajstić information content (AvgIpc) is 2.99. The molecule has 0 aromatic heterocycles. The summed E-state index contributed by atoms with van der Waals surface area (Å²) >= 11 is 0. The Morgan fingerprint density at radius 2 is 1.88 bits per heavy atom. The average molecular weight is 325 g/mol. The molecule has 0 radical (unpaired) electrons. The molecule has 0 aliphatic carbocycles. The van der Waals surface area contributed by atoms with Crippen LogP contribution in [0.5, 0.6) is 0 Å². The maximum absolute atomic E-state index is 12.9. The number of imide groups is 1. The summed E-state index contributed by atoms with van der Waals surface area (Å²) in [6.45, 7) is 0.153. The molecule has 0 N–H and O–H groups in total. The normalized spacial score (nSPS) is 17.3. The predicted octanol–water partition coefficient (Wildman–Crippen LogP) is 3.64. The number of hydrogen-bond donors (Lipinski definition) is 0. The summed E-state index contributed by atoms with van der Waals surface area (Å²) in [5.74, 6) is -0.724. The van der Waals surface area contributed by atoms with Crippen LogP contribution in [0.25, 0.3) is 0 Å². The molecule has 2 amide bonds. The molecule has 0 spiro atoms. The second-order valence-corrected chi connectivity index (χ2v) is 5.44. The molecule has 0 bridgehead atoms. The number of halogens is 1. The van der Waals surface area contributed by atoms with Gasteiger partial charge < -0.3 is 4.74 Å². The Kier molecular flexibility index (Phi) is 4.70. The van der Waals surface area contributed by atoms with Gasteiger partial charge in [-0.3, -0.25) is 4.79 Å². The number of cyclic esters (lactones) is 1. The van der Waals surface area contributed by atoms with E-state index < -0.39 is 18.0 Å². The maximum Gasteiger partial charge on any atom is 0.417 e. The molecule has 1 heterocycles. The van der Waals surface area contributed by atoms with Gasteiger partial charge in [-0.1, -0.05) is 48.5 Å². The van der Waals surface area contributed by atoms with Crippen LogP contribution >= 0.6 is 0 Å². The summed E-state index contributed by atoms with van der Waals surface area (Å²) in [6.07, 6.45) is 2.85. The molecule has 1 saturated heterocycles. The minimum atomic E-state index is -0.639. The maximum atomic E-state index is 12.9. The molecule has 1 aliphatic heterocycles. The van der Waals surface area contributed by atoms with E-state index in [2.05, 4.69) is 0 Å². The number of hydrogen-bond acceptors (Lipinski definition) is 3. The zero-order valence-electron chi connectivity index (χ0n) is 12.9. The van der Waals surface area contributed by atoms with Crippen LogP contribution in [0.15, 0.2) is 66.7 Å². The Balaban J connectivity index is 1.69. The number of nitrogens with zero attached hydrogens (tertiary/aromatic N) is 1. The van der Waals surface area contributed by atoms with Crippen LogP contribution in [0.2, 0.25) is 0 Å². The molecule has 24 heavy (non-hydrogen) atoms. The monoisotopic (exact) mass is 325 g/mol. The summed E-state index contributed by atoms with van der Waals surface area (Å²) in [5.41, 5.74) is 1.73. The SMILES string of the molecule is O=C(/C=C/Cc1ccc(F)cc1)N1C(=O)OC[C@@H]1c1ccccc1. The minimum absolute atomic E-state index is 0.153. The van der Waals surface area contributed by atoms with Crippen molar-refractivity contribution in [1.82, 2.24) is 4.90 Å². The third-order valence-corrected chi connectivity index (χ3v) is 3.82. The van der Waals surface area contributed by atoms with Crippen molar-refractivity contribution in [1.29, 1.82) is 0 Å². The van der Waals surface area contributed by atoms with Gasteiger partial charge in [-0.25, -0.2) is 14.1 Å². The van der Waals surface area contributed by atoms with Gasteiger partial charge in [-0.2, -0.15) is 0 Å². The molecular weight excluding hydrogens is 309 g/mol. The fourth-order valence-corrected chi connectivity index (χ4v) is 2.58. The number of rotatable bonds is 4. The highest BCUT2D eigenvalue weighted by molar-refractivity contribution is 5.99. The van der Waals surface area contributed by atoms with Crippen LogP contribution in [-0.4, -0.2) is 23.5 Å². The highest BCUT2D eigenvalue weighted by Crippen LogP contribution is 2.27. The molecule has 1 aliphatic rings. The van der Waals surface area contributed by atoms with Crippen LogP contribution in [0, 0.1) is 5.82 Å². The van der Waals surface area contributed by atoms with Crippen molar-refractivity contribution >= 4 is 12.0 Å². The van der Waals surface area contributed by atoms with Gasteiger partial charge in [-0.05, 0) is 29.7 Å². The van der Waals surface area contributed by atoms with Crippen LogP contribution < -0.4 is 0 Å². The van der Waals surface area contributed by atoms with Crippen molar-refractivity contribution in [3.63, 3.8) is 0 Å². The fourth-order valence-electron chi connectivity index (χ4n) is 2.58. The standard InChI is InChI=1S/C19H16FNO3/c20-16-11-9-14(10-12-16)5-4-8-18(22)21-17(13-24-19(21)23)15-6-2-1-3-7-15/h1-4,6-12,17H,5,13H2/b8-4+/t17-/m1/s1. The highest BCUT2D eigenvalue weighted by Gasteiger charge is 2.37. The first-order chi connectivity index (χ1) is 11.6. The second-order valence-electron chi connectivity index (χ2n) is 5.44. The molecule has 1 fully saturated rings. The lowest BCUT2D eigenvalue weighted by molar-refractivity contribution is -0.124. The van der Waals surface area contributed by atoms with Gasteiger partial charge in [0.2, 0.25) is 0 Å². The quantitative estimate of drug-likeness (QED) is 0.806. The number of benzene rings is 2. The minimum Gasteiger partial charge on any atom is -0.446 e. The van der Waals surface area contributed by atoms with Crippen molar-refractivity contribution in [2.45, 2.75) is 12.5 Å². The number of allylic oxidation sites excluding steroid dienone is 1. The third-order valence-electron chi connectivity index (χ3n) is 3.82. The summed E-state index contributed by atoms with van der Waals surface area (Å²) in [5, 5.41) is 0. The van der Waals surface area contributed by atoms with Crippen LogP contribution in [0.3, 0.4) is 0 Å². The molecule has 5 heteroatoms. The lowest BCUT2D eigenvalue weighted by Crippen LogP contribution is -2.32. The molecule has 4 nitrogen and oxygen atoms in total. The van der Waals surface area contributed by atoms with Gasteiger partial charge in [0.1, 0.15) is 18.5 Å². The number of ether oxygens (including phenoxy) is 1. The van der Waals surface area contributed by atoms with Gasteiger partial charge in [-0.15, -0.1) is 0 Å². The van der Waals surface area contributed by atoms with Crippen molar-refractivity contribution in [3.8, 4) is 0 Å². The first kappa shape index (κ1) is 15.9. The first-order valence-corrected chi connectivity index (χ1v) is 7.61. The molecule has 0 unspecified atom stereocenters. The van der Waals surface area contributed by atoms with E-state index in [1.807, 2.05) is 30.3 Å². The van der Waals surface area contributed by atoms with Crippen LogP contribution in [0.4, 0.5) is 9.18 Å². The summed E-state index contributed by atoms with van der Waals surface area (Å²) in [4.78, 5) is 25.4. The summed E-state index contributed by atoms with van der Waals surface area (Å²) in [6, 6.07) is 14.9. The third kappa shape index (κ3) is 3.51. The van der Waals surface area contributed by atoms with E-state index in [1.165, 1.54) is 18.2 Å². The smallest absolute Gasteiger partial charge is 0.417 e. The molecule has 0 saturated carbocycles. The second kappa shape index (κ2) is 7.08. The number of amides is 2. The summed E-state index contributed by atoms with van der Waals surface area (Å²) < 4.78 is 17.9. The molecule has 1 atom stereocenters. The fraction of sp³-hybridized carbons (Fsp3) is 0.158. The van der Waals surface area contributed by atoms with Crippen LogP contribution in [-0.2, 0) is 16.0 Å². The first-order valence-electron chi connectivity index (χ1n) is 7.61. The van der Waals surface area contributed by atoms with Gasteiger partial charge in [0, 0.05) is 6.08 Å². The van der Waals surface area contributed by atoms with E-state index in [1.54, 1.807) is 18.2 Å². The van der Waals surface area contributed by atoms with Crippen molar-refractivity contribution in [2.24, 2.45) is 0 Å².